The molecule has 0 spiro atoms. The van der Waals surface area contributed by atoms with E-state index in [1.807, 2.05) is 6.92 Å². The van der Waals surface area contributed by atoms with Crippen LogP contribution in [0.5, 0.6) is 0 Å². The van der Waals surface area contributed by atoms with Gasteiger partial charge >= 0.3 is 0 Å². The van der Waals surface area contributed by atoms with Gasteiger partial charge in [-0.2, -0.15) is 0 Å². The summed E-state index contributed by atoms with van der Waals surface area (Å²) < 4.78 is 27.9. The number of halogens is 3. The van der Waals surface area contributed by atoms with Gasteiger partial charge in [-0.1, -0.05) is 19.8 Å². The van der Waals surface area contributed by atoms with Crippen LogP contribution in [0.4, 0.5) is 8.78 Å². The van der Waals surface area contributed by atoms with E-state index in [1.54, 1.807) is 0 Å². The second kappa shape index (κ2) is 5.88. The monoisotopic (exact) mass is 332 g/mol. The summed E-state index contributed by atoms with van der Waals surface area (Å²) in [4.78, 5) is 0. The largest absolute Gasteiger partial charge is 0.392 e. The highest BCUT2D eigenvalue weighted by Crippen LogP contribution is 2.45. The van der Waals surface area contributed by atoms with Crippen molar-refractivity contribution in [1.29, 1.82) is 0 Å². The maximum absolute atomic E-state index is 13.9. The Morgan fingerprint density at radius 1 is 1.32 bits per heavy atom. The summed E-state index contributed by atoms with van der Waals surface area (Å²) >= 11 is 3.06. The normalized spacial score (nSPS) is 19.6. The van der Waals surface area contributed by atoms with Crippen molar-refractivity contribution >= 4 is 15.9 Å². The minimum atomic E-state index is -0.682. The third-order valence-electron chi connectivity index (χ3n) is 4.55. The van der Waals surface area contributed by atoms with Crippen LogP contribution in [0.1, 0.15) is 44.6 Å². The van der Waals surface area contributed by atoms with Crippen molar-refractivity contribution in [2.45, 2.75) is 51.6 Å². The summed E-state index contributed by atoms with van der Waals surface area (Å²) in [5.41, 5.74) is -0.178. The summed E-state index contributed by atoms with van der Waals surface area (Å²) in [6.07, 6.45) is 4.29. The Kier molecular flexibility index (Phi) is 4.62. The van der Waals surface area contributed by atoms with E-state index in [0.29, 0.717) is 0 Å². The van der Waals surface area contributed by atoms with Crippen molar-refractivity contribution in [2.24, 2.45) is 5.41 Å². The van der Waals surface area contributed by atoms with Gasteiger partial charge in [0.2, 0.25) is 0 Å². The summed E-state index contributed by atoms with van der Waals surface area (Å²) in [5.74, 6) is -1.17. The summed E-state index contributed by atoms with van der Waals surface area (Å²) in [5, 5.41) is 10.4. The maximum atomic E-state index is 13.9. The topological polar surface area (TPSA) is 20.2 Å². The molecule has 0 heterocycles. The zero-order valence-electron chi connectivity index (χ0n) is 11.1. The van der Waals surface area contributed by atoms with Crippen molar-refractivity contribution in [3.63, 3.8) is 0 Å². The van der Waals surface area contributed by atoms with E-state index < -0.39 is 17.7 Å². The number of hydrogen-bond acceptors (Lipinski definition) is 1. The number of aliphatic hydroxyl groups is 1. The minimum absolute atomic E-state index is 0.0124. The first-order chi connectivity index (χ1) is 9.00. The second-order valence-corrected chi connectivity index (χ2v) is 6.32. The van der Waals surface area contributed by atoms with Crippen LogP contribution in [0.25, 0.3) is 0 Å². The summed E-state index contributed by atoms with van der Waals surface area (Å²) in [7, 11) is 0. The molecule has 0 amide bonds. The molecule has 1 fully saturated rings. The van der Waals surface area contributed by atoms with E-state index in [0.717, 1.165) is 32.1 Å². The SMILES string of the molecule is CCC1(C(O)Cc2c(F)ccc(Br)c2F)CCCC1. The van der Waals surface area contributed by atoms with Gasteiger partial charge in [0.15, 0.2) is 0 Å². The van der Waals surface area contributed by atoms with Crippen LogP contribution in [0, 0.1) is 17.0 Å². The zero-order chi connectivity index (χ0) is 14.0. The number of aliphatic hydroxyl groups excluding tert-OH is 1. The zero-order valence-corrected chi connectivity index (χ0v) is 12.6. The average molecular weight is 333 g/mol. The Balaban J connectivity index is 2.23. The van der Waals surface area contributed by atoms with Crippen LogP contribution in [0.15, 0.2) is 16.6 Å². The Hall–Kier alpha value is -0.480. The third kappa shape index (κ3) is 2.84. The van der Waals surface area contributed by atoms with E-state index in [9.17, 15) is 13.9 Å². The van der Waals surface area contributed by atoms with Gasteiger partial charge in [-0.25, -0.2) is 8.78 Å². The molecule has 1 aliphatic rings. The van der Waals surface area contributed by atoms with Gasteiger partial charge in [0, 0.05) is 12.0 Å². The molecule has 106 valence electrons. The van der Waals surface area contributed by atoms with Crippen molar-refractivity contribution in [2.75, 3.05) is 0 Å². The molecule has 19 heavy (non-hydrogen) atoms. The fourth-order valence-corrected chi connectivity index (χ4v) is 3.54. The predicted molar refractivity (Wildman–Crippen MR) is 75.0 cm³/mol. The Morgan fingerprint density at radius 3 is 2.53 bits per heavy atom. The molecule has 0 aliphatic heterocycles. The van der Waals surface area contributed by atoms with Crippen molar-refractivity contribution in [3.8, 4) is 0 Å². The first-order valence-electron chi connectivity index (χ1n) is 6.80. The smallest absolute Gasteiger partial charge is 0.143 e. The van der Waals surface area contributed by atoms with Gasteiger partial charge < -0.3 is 5.11 Å². The highest BCUT2D eigenvalue weighted by atomic mass is 79.9. The van der Waals surface area contributed by atoms with Gasteiger partial charge in [0.25, 0.3) is 0 Å². The van der Waals surface area contributed by atoms with E-state index in [-0.39, 0.29) is 21.9 Å². The predicted octanol–water partition coefficient (Wildman–Crippen LogP) is 4.60. The highest BCUT2D eigenvalue weighted by molar-refractivity contribution is 9.10. The van der Waals surface area contributed by atoms with Crippen molar-refractivity contribution in [3.05, 3.63) is 33.8 Å². The molecule has 1 aromatic rings. The van der Waals surface area contributed by atoms with Gasteiger partial charge in [0.1, 0.15) is 11.6 Å². The number of hydrogen-bond donors (Lipinski definition) is 1. The molecule has 1 unspecified atom stereocenters. The molecule has 1 nitrogen and oxygen atoms in total. The first kappa shape index (κ1) is 14.9. The molecule has 1 aromatic carbocycles. The molecule has 0 aromatic heterocycles. The standard InChI is InChI=1S/C15H19BrF2O/c1-2-15(7-3-4-8-15)13(19)9-10-12(17)6-5-11(16)14(10)18/h5-6,13,19H,2-4,7-9H2,1H3. The number of benzene rings is 1. The van der Waals surface area contributed by atoms with Gasteiger partial charge in [0.05, 0.1) is 10.6 Å². The van der Waals surface area contributed by atoms with Crippen LogP contribution in [-0.2, 0) is 6.42 Å². The molecule has 1 aliphatic carbocycles. The average Bonchev–Trinajstić information content (AvgIpc) is 2.89. The van der Waals surface area contributed by atoms with Crippen molar-refractivity contribution < 1.29 is 13.9 Å². The molecular weight excluding hydrogens is 314 g/mol. The van der Waals surface area contributed by atoms with Crippen LogP contribution in [-0.4, -0.2) is 11.2 Å². The molecule has 0 saturated heterocycles. The summed E-state index contributed by atoms with van der Waals surface area (Å²) in [6, 6.07) is 2.59. The molecule has 1 atom stereocenters. The van der Waals surface area contributed by atoms with E-state index in [4.69, 9.17) is 0 Å². The molecule has 4 heteroatoms. The molecule has 1 saturated carbocycles. The lowest BCUT2D eigenvalue weighted by Crippen LogP contribution is -2.34. The molecule has 1 N–H and O–H groups in total. The van der Waals surface area contributed by atoms with E-state index in [2.05, 4.69) is 15.9 Å². The molecule has 0 radical (unpaired) electrons. The van der Waals surface area contributed by atoms with Crippen LogP contribution < -0.4 is 0 Å². The third-order valence-corrected chi connectivity index (χ3v) is 5.16. The molecular formula is C15H19BrF2O. The van der Waals surface area contributed by atoms with Crippen LogP contribution >= 0.6 is 15.9 Å². The lowest BCUT2D eigenvalue weighted by molar-refractivity contribution is 0.0245. The molecule has 2 rings (SSSR count). The fourth-order valence-electron chi connectivity index (χ4n) is 3.17. The van der Waals surface area contributed by atoms with Crippen LogP contribution in [0.3, 0.4) is 0 Å². The minimum Gasteiger partial charge on any atom is -0.392 e. The Bertz CT molecular complexity index is 456. The highest BCUT2D eigenvalue weighted by Gasteiger charge is 2.39. The second-order valence-electron chi connectivity index (χ2n) is 5.46. The van der Waals surface area contributed by atoms with E-state index >= 15 is 0 Å². The van der Waals surface area contributed by atoms with Gasteiger partial charge in [-0.05, 0) is 52.7 Å². The van der Waals surface area contributed by atoms with Gasteiger partial charge in [-0.15, -0.1) is 0 Å². The lowest BCUT2D eigenvalue weighted by atomic mass is 9.75. The summed E-state index contributed by atoms with van der Waals surface area (Å²) in [6.45, 7) is 2.04. The lowest BCUT2D eigenvalue weighted by Gasteiger charge is -2.33. The Labute approximate surface area is 121 Å². The maximum Gasteiger partial charge on any atom is 0.143 e. The van der Waals surface area contributed by atoms with E-state index in [1.165, 1.54) is 12.1 Å². The fraction of sp³-hybridized carbons (Fsp3) is 0.600. The first-order valence-corrected chi connectivity index (χ1v) is 7.60. The number of rotatable bonds is 4. The van der Waals surface area contributed by atoms with Crippen molar-refractivity contribution in [1.82, 2.24) is 0 Å². The quantitative estimate of drug-likeness (QED) is 0.799. The van der Waals surface area contributed by atoms with Gasteiger partial charge in [-0.3, -0.25) is 0 Å². The molecule has 0 bridgehead atoms. The van der Waals surface area contributed by atoms with Crippen LogP contribution in [0.2, 0.25) is 0 Å². The Morgan fingerprint density at radius 2 is 1.95 bits per heavy atom.